The van der Waals surface area contributed by atoms with Gasteiger partial charge in [-0.1, -0.05) is 0 Å². The zero-order valence-corrected chi connectivity index (χ0v) is 13.3. The Balaban J connectivity index is 1.97. The number of likely N-dealkylation sites (tertiary alicyclic amines) is 1. The number of fused-ring (bicyclic) bond motifs is 1. The topological polar surface area (TPSA) is 90.6 Å². The molecular weight excluding hydrogens is 296 g/mol. The molecule has 0 aliphatic carbocycles. The van der Waals surface area contributed by atoms with Gasteiger partial charge in [0.15, 0.2) is 11.5 Å². The van der Waals surface area contributed by atoms with Gasteiger partial charge < -0.3 is 20.1 Å². The first-order chi connectivity index (χ1) is 11.1. The molecule has 122 valence electrons. The van der Waals surface area contributed by atoms with Crippen LogP contribution in [0.2, 0.25) is 0 Å². The van der Waals surface area contributed by atoms with E-state index in [2.05, 4.69) is 9.97 Å². The second kappa shape index (κ2) is 6.28. The van der Waals surface area contributed by atoms with Crippen LogP contribution in [0.1, 0.15) is 24.5 Å². The molecule has 1 saturated heterocycles. The number of ether oxygens (including phenoxy) is 2. The molecule has 0 radical (unpaired) electrons. The van der Waals surface area contributed by atoms with E-state index < -0.39 is 0 Å². The summed E-state index contributed by atoms with van der Waals surface area (Å²) in [5, 5.41) is 0.961. The first-order valence-corrected chi connectivity index (χ1v) is 7.55. The summed E-state index contributed by atoms with van der Waals surface area (Å²) in [5.41, 5.74) is 7.15. The van der Waals surface area contributed by atoms with Gasteiger partial charge in [0.2, 0.25) is 0 Å². The summed E-state index contributed by atoms with van der Waals surface area (Å²) >= 11 is 0. The number of carbonyl (C=O) groups excluding carboxylic acids is 1. The number of nitrogens with zero attached hydrogens (tertiary/aromatic N) is 3. The molecule has 0 spiro atoms. The lowest BCUT2D eigenvalue weighted by Crippen LogP contribution is -2.41. The predicted molar refractivity (Wildman–Crippen MR) is 85.8 cm³/mol. The van der Waals surface area contributed by atoms with E-state index >= 15 is 0 Å². The Hall–Kier alpha value is -2.57. The van der Waals surface area contributed by atoms with Gasteiger partial charge in [0.25, 0.3) is 0 Å². The lowest BCUT2D eigenvalue weighted by molar-refractivity contribution is 0.190. The van der Waals surface area contributed by atoms with Crippen LogP contribution in [0.3, 0.4) is 0 Å². The summed E-state index contributed by atoms with van der Waals surface area (Å²) in [6, 6.07) is 3.42. The highest BCUT2D eigenvalue weighted by molar-refractivity contribution is 5.85. The van der Waals surface area contributed by atoms with E-state index in [4.69, 9.17) is 15.2 Å². The molecule has 1 aliphatic heterocycles. The van der Waals surface area contributed by atoms with Crippen LogP contribution in [-0.4, -0.2) is 48.2 Å². The zero-order valence-electron chi connectivity index (χ0n) is 13.3. The highest BCUT2D eigenvalue weighted by Crippen LogP contribution is 2.36. The first kappa shape index (κ1) is 15.3. The average molecular weight is 316 g/mol. The van der Waals surface area contributed by atoms with Crippen molar-refractivity contribution in [1.82, 2.24) is 14.9 Å². The number of hydrogen-bond acceptors (Lipinski definition) is 5. The predicted octanol–water partition coefficient (Wildman–Crippen LogP) is 1.91. The highest BCUT2D eigenvalue weighted by Gasteiger charge is 2.25. The number of hydrogen-bond donors (Lipinski definition) is 1. The van der Waals surface area contributed by atoms with Crippen LogP contribution in [-0.2, 0) is 0 Å². The summed E-state index contributed by atoms with van der Waals surface area (Å²) < 4.78 is 10.7. The molecule has 23 heavy (non-hydrogen) atoms. The van der Waals surface area contributed by atoms with Gasteiger partial charge in [-0.05, 0) is 18.9 Å². The van der Waals surface area contributed by atoms with E-state index in [1.165, 1.54) is 0 Å². The Bertz CT molecular complexity index is 727. The Morgan fingerprint density at radius 3 is 2.43 bits per heavy atom. The molecule has 1 aliphatic rings. The van der Waals surface area contributed by atoms with Crippen molar-refractivity contribution < 1.29 is 14.3 Å². The van der Waals surface area contributed by atoms with E-state index in [0.717, 1.165) is 29.4 Å². The Morgan fingerprint density at radius 1 is 1.17 bits per heavy atom. The molecule has 2 N–H and O–H groups in total. The SMILES string of the molecule is COc1cc2ncnc(C3CCN(C(N)=O)CC3)c2cc1OC. The summed E-state index contributed by atoms with van der Waals surface area (Å²) in [4.78, 5) is 21.7. The van der Waals surface area contributed by atoms with Crippen molar-refractivity contribution in [2.75, 3.05) is 27.3 Å². The molecular formula is C16H20N4O3. The maximum atomic E-state index is 11.3. The van der Waals surface area contributed by atoms with Crippen molar-refractivity contribution >= 4 is 16.9 Å². The van der Waals surface area contributed by atoms with Gasteiger partial charge in [0.05, 0.1) is 25.4 Å². The van der Waals surface area contributed by atoms with Gasteiger partial charge in [0, 0.05) is 30.5 Å². The normalized spacial score (nSPS) is 15.7. The maximum absolute atomic E-state index is 11.3. The molecule has 0 saturated carbocycles. The van der Waals surface area contributed by atoms with E-state index in [9.17, 15) is 4.79 Å². The first-order valence-electron chi connectivity index (χ1n) is 7.55. The van der Waals surface area contributed by atoms with Crippen molar-refractivity contribution in [2.45, 2.75) is 18.8 Å². The van der Waals surface area contributed by atoms with Gasteiger partial charge >= 0.3 is 6.03 Å². The minimum absolute atomic E-state index is 0.272. The second-order valence-corrected chi connectivity index (χ2v) is 5.58. The van der Waals surface area contributed by atoms with Crippen LogP contribution in [0.5, 0.6) is 11.5 Å². The molecule has 2 amide bonds. The molecule has 0 atom stereocenters. The van der Waals surface area contributed by atoms with Crippen molar-refractivity contribution in [1.29, 1.82) is 0 Å². The number of aromatic nitrogens is 2. The summed E-state index contributed by atoms with van der Waals surface area (Å²) in [7, 11) is 3.21. The number of carbonyl (C=O) groups is 1. The van der Waals surface area contributed by atoms with Gasteiger partial charge in [-0.3, -0.25) is 0 Å². The summed E-state index contributed by atoms with van der Waals surface area (Å²) in [6.07, 6.45) is 3.25. The van der Waals surface area contributed by atoms with Crippen LogP contribution in [0.15, 0.2) is 18.5 Å². The Morgan fingerprint density at radius 2 is 1.83 bits per heavy atom. The van der Waals surface area contributed by atoms with Crippen molar-refractivity contribution in [3.8, 4) is 11.5 Å². The number of primary amides is 1. The number of nitrogens with two attached hydrogens (primary N) is 1. The fourth-order valence-corrected chi connectivity index (χ4v) is 3.10. The van der Waals surface area contributed by atoms with Gasteiger partial charge in [0.1, 0.15) is 6.33 Å². The van der Waals surface area contributed by atoms with Crippen molar-refractivity contribution in [3.63, 3.8) is 0 Å². The molecule has 7 heteroatoms. The molecule has 0 bridgehead atoms. The van der Waals surface area contributed by atoms with Gasteiger partial charge in [-0.15, -0.1) is 0 Å². The van der Waals surface area contributed by atoms with Crippen molar-refractivity contribution in [2.24, 2.45) is 5.73 Å². The average Bonchev–Trinajstić information content (AvgIpc) is 2.60. The fourth-order valence-electron chi connectivity index (χ4n) is 3.10. The zero-order chi connectivity index (χ0) is 16.4. The monoisotopic (exact) mass is 316 g/mol. The van der Waals surface area contributed by atoms with E-state index in [0.29, 0.717) is 24.6 Å². The van der Waals surface area contributed by atoms with Gasteiger partial charge in [-0.25, -0.2) is 14.8 Å². The molecule has 2 aromatic rings. The van der Waals surface area contributed by atoms with Crippen LogP contribution >= 0.6 is 0 Å². The molecule has 0 unspecified atom stereocenters. The highest BCUT2D eigenvalue weighted by atomic mass is 16.5. The molecule has 1 aromatic heterocycles. The Labute approximate surface area is 134 Å². The molecule has 1 fully saturated rings. The number of piperidine rings is 1. The number of benzene rings is 1. The van der Waals surface area contributed by atoms with Crippen LogP contribution in [0, 0.1) is 0 Å². The summed E-state index contributed by atoms with van der Waals surface area (Å²) in [6.45, 7) is 1.30. The van der Waals surface area contributed by atoms with Gasteiger partial charge in [-0.2, -0.15) is 0 Å². The third-order valence-electron chi connectivity index (χ3n) is 4.36. The second-order valence-electron chi connectivity index (χ2n) is 5.58. The largest absolute Gasteiger partial charge is 0.493 e. The smallest absolute Gasteiger partial charge is 0.314 e. The van der Waals surface area contributed by atoms with Crippen LogP contribution < -0.4 is 15.2 Å². The van der Waals surface area contributed by atoms with E-state index in [-0.39, 0.29) is 11.9 Å². The lowest BCUT2D eigenvalue weighted by Gasteiger charge is -2.30. The number of urea groups is 1. The van der Waals surface area contributed by atoms with Crippen molar-refractivity contribution in [3.05, 3.63) is 24.2 Å². The number of rotatable bonds is 3. The fraction of sp³-hybridized carbons (Fsp3) is 0.438. The number of amides is 2. The lowest BCUT2D eigenvalue weighted by atomic mass is 9.91. The van der Waals surface area contributed by atoms with E-state index in [1.54, 1.807) is 25.4 Å². The third kappa shape index (κ3) is 2.86. The van der Waals surface area contributed by atoms with E-state index in [1.807, 2.05) is 12.1 Å². The standard InChI is InChI=1S/C16H20N4O3/c1-22-13-7-11-12(8-14(13)23-2)18-9-19-15(11)10-3-5-20(6-4-10)16(17)21/h7-10H,3-6H2,1-2H3,(H2,17,21). The minimum Gasteiger partial charge on any atom is -0.493 e. The molecule has 3 rings (SSSR count). The van der Waals surface area contributed by atoms with Crippen LogP contribution in [0.4, 0.5) is 4.79 Å². The number of methoxy groups -OCH3 is 2. The molecule has 7 nitrogen and oxygen atoms in total. The third-order valence-corrected chi connectivity index (χ3v) is 4.36. The molecule has 1 aromatic carbocycles. The van der Waals surface area contributed by atoms with Crippen LogP contribution in [0.25, 0.3) is 10.9 Å². The maximum Gasteiger partial charge on any atom is 0.314 e. The summed E-state index contributed by atoms with van der Waals surface area (Å²) in [5.74, 6) is 1.58. The Kier molecular flexibility index (Phi) is 4.18. The quantitative estimate of drug-likeness (QED) is 0.934. The minimum atomic E-state index is -0.359. The molecule has 2 heterocycles.